The van der Waals surface area contributed by atoms with Gasteiger partial charge in [0, 0.05) is 18.8 Å². The maximum Gasteiger partial charge on any atom is 0.340 e. The van der Waals surface area contributed by atoms with Crippen LogP contribution in [0.3, 0.4) is 0 Å². The van der Waals surface area contributed by atoms with E-state index >= 15 is 0 Å². The summed E-state index contributed by atoms with van der Waals surface area (Å²) in [5.74, 6) is 0.118. The predicted molar refractivity (Wildman–Crippen MR) is 108 cm³/mol. The molecule has 152 valence electrons. The second-order valence-corrected chi connectivity index (χ2v) is 6.82. The van der Waals surface area contributed by atoms with E-state index in [1.165, 1.54) is 0 Å². The summed E-state index contributed by atoms with van der Waals surface area (Å²) in [7, 11) is 4.00. The lowest BCUT2D eigenvalue weighted by atomic mass is 10.1. The van der Waals surface area contributed by atoms with Gasteiger partial charge in [0.1, 0.15) is 18.1 Å². The highest BCUT2D eigenvalue weighted by molar-refractivity contribution is 6.00. The fourth-order valence-corrected chi connectivity index (χ4v) is 2.81. The Morgan fingerprint density at radius 3 is 2.43 bits per heavy atom. The van der Waals surface area contributed by atoms with Gasteiger partial charge >= 0.3 is 5.97 Å². The maximum atomic E-state index is 12.5. The van der Waals surface area contributed by atoms with Gasteiger partial charge in [-0.25, -0.2) is 4.79 Å². The molecule has 2 rings (SSSR count). The molecule has 2 aromatic rings. The molecule has 0 unspecified atom stereocenters. The minimum absolute atomic E-state index is 0.262. The standard InChI is InChI=1S/C21H29N3O4/c1-6-27-21(26)18-14(2)19(23-15(18)3)20(25)22-13-16-7-9-17(10-8-16)28-12-11-24(4)5/h7-10,23H,6,11-13H2,1-5H3,(H,22,25). The zero-order valence-corrected chi connectivity index (χ0v) is 17.2. The number of benzene rings is 1. The summed E-state index contributed by atoms with van der Waals surface area (Å²) in [4.78, 5) is 29.6. The molecule has 0 aliphatic rings. The highest BCUT2D eigenvalue weighted by atomic mass is 16.5. The van der Waals surface area contributed by atoms with E-state index in [1.807, 2.05) is 38.4 Å². The Bertz CT molecular complexity index is 810. The van der Waals surface area contributed by atoms with Crippen molar-refractivity contribution in [1.29, 1.82) is 0 Å². The Hall–Kier alpha value is -2.80. The van der Waals surface area contributed by atoms with Crippen LogP contribution in [0.5, 0.6) is 5.75 Å². The van der Waals surface area contributed by atoms with Crippen molar-refractivity contribution >= 4 is 11.9 Å². The average Bonchev–Trinajstić information content (AvgIpc) is 2.95. The van der Waals surface area contributed by atoms with Crippen LogP contribution < -0.4 is 10.1 Å². The Morgan fingerprint density at radius 2 is 1.82 bits per heavy atom. The summed E-state index contributed by atoms with van der Waals surface area (Å²) >= 11 is 0. The Labute approximate surface area is 166 Å². The number of ether oxygens (including phenoxy) is 2. The summed E-state index contributed by atoms with van der Waals surface area (Å²) in [6, 6.07) is 7.62. The van der Waals surface area contributed by atoms with Crippen LogP contribution in [-0.2, 0) is 11.3 Å². The van der Waals surface area contributed by atoms with Crippen LogP contribution in [0.4, 0.5) is 0 Å². The molecule has 7 nitrogen and oxygen atoms in total. The van der Waals surface area contributed by atoms with Gasteiger partial charge in [-0.1, -0.05) is 12.1 Å². The molecule has 1 aromatic heterocycles. The van der Waals surface area contributed by atoms with Gasteiger partial charge in [0.05, 0.1) is 12.2 Å². The third-order valence-corrected chi connectivity index (χ3v) is 4.33. The normalized spacial score (nSPS) is 10.8. The van der Waals surface area contributed by atoms with E-state index in [2.05, 4.69) is 15.2 Å². The first-order chi connectivity index (χ1) is 13.3. The third-order valence-electron chi connectivity index (χ3n) is 4.33. The van der Waals surface area contributed by atoms with Gasteiger partial charge in [-0.3, -0.25) is 4.79 Å². The number of aryl methyl sites for hydroxylation is 1. The zero-order valence-electron chi connectivity index (χ0n) is 17.2. The van der Waals surface area contributed by atoms with Gasteiger partial charge in [-0.05, 0) is 58.1 Å². The molecule has 0 bridgehead atoms. The molecule has 0 saturated carbocycles. The van der Waals surface area contributed by atoms with Crippen molar-refractivity contribution in [2.24, 2.45) is 0 Å². The summed E-state index contributed by atoms with van der Waals surface area (Å²) in [6.45, 7) is 7.39. The first-order valence-electron chi connectivity index (χ1n) is 9.34. The zero-order chi connectivity index (χ0) is 20.7. The molecular weight excluding hydrogens is 358 g/mol. The van der Waals surface area contributed by atoms with Gasteiger partial charge in [0.2, 0.25) is 0 Å². The van der Waals surface area contributed by atoms with E-state index in [-0.39, 0.29) is 5.91 Å². The number of nitrogens with zero attached hydrogens (tertiary/aromatic N) is 1. The number of likely N-dealkylation sites (N-methyl/N-ethyl adjacent to an activating group) is 1. The number of hydrogen-bond donors (Lipinski definition) is 2. The first kappa shape index (κ1) is 21.5. The topological polar surface area (TPSA) is 83.7 Å². The smallest absolute Gasteiger partial charge is 0.340 e. The van der Waals surface area contributed by atoms with Crippen molar-refractivity contribution < 1.29 is 19.1 Å². The number of carbonyl (C=O) groups is 2. The fourth-order valence-electron chi connectivity index (χ4n) is 2.81. The summed E-state index contributed by atoms with van der Waals surface area (Å²) in [5, 5.41) is 2.88. The second-order valence-electron chi connectivity index (χ2n) is 6.82. The molecular formula is C21H29N3O4. The molecule has 0 fully saturated rings. The van der Waals surface area contributed by atoms with Crippen molar-refractivity contribution in [3.63, 3.8) is 0 Å². The Kier molecular flexibility index (Phi) is 7.63. The van der Waals surface area contributed by atoms with E-state index < -0.39 is 5.97 Å². The summed E-state index contributed by atoms with van der Waals surface area (Å²) < 4.78 is 10.7. The molecule has 2 N–H and O–H groups in total. The van der Waals surface area contributed by atoms with E-state index in [0.29, 0.717) is 42.3 Å². The predicted octanol–water partition coefficient (Wildman–Crippen LogP) is 2.68. The number of esters is 1. The molecule has 0 saturated heterocycles. The van der Waals surface area contributed by atoms with Crippen molar-refractivity contribution in [2.45, 2.75) is 27.3 Å². The second kappa shape index (κ2) is 9.94. The van der Waals surface area contributed by atoms with Crippen LogP contribution >= 0.6 is 0 Å². The lowest BCUT2D eigenvalue weighted by molar-refractivity contribution is 0.0525. The van der Waals surface area contributed by atoms with Crippen molar-refractivity contribution in [2.75, 3.05) is 33.9 Å². The quantitative estimate of drug-likeness (QED) is 0.647. The molecule has 0 aliphatic carbocycles. The SMILES string of the molecule is CCOC(=O)c1c(C)[nH]c(C(=O)NCc2ccc(OCCN(C)C)cc2)c1C. The number of H-pyrrole nitrogens is 1. The van der Waals surface area contributed by atoms with Crippen LogP contribution in [0.25, 0.3) is 0 Å². The number of carbonyl (C=O) groups excluding carboxylic acids is 2. The van der Waals surface area contributed by atoms with E-state index in [1.54, 1.807) is 20.8 Å². The Morgan fingerprint density at radius 1 is 1.14 bits per heavy atom. The number of amides is 1. The van der Waals surface area contributed by atoms with Gasteiger partial charge in [0.25, 0.3) is 5.91 Å². The molecule has 28 heavy (non-hydrogen) atoms. The number of aromatic nitrogens is 1. The van der Waals surface area contributed by atoms with Crippen LogP contribution in [0.15, 0.2) is 24.3 Å². The van der Waals surface area contributed by atoms with Gasteiger partial charge in [-0.2, -0.15) is 0 Å². The highest BCUT2D eigenvalue weighted by Crippen LogP contribution is 2.19. The van der Waals surface area contributed by atoms with Crippen molar-refractivity contribution in [3.05, 3.63) is 52.3 Å². The fraction of sp³-hybridized carbons (Fsp3) is 0.429. The lowest BCUT2D eigenvalue weighted by Crippen LogP contribution is -2.24. The highest BCUT2D eigenvalue weighted by Gasteiger charge is 2.22. The molecule has 1 aromatic carbocycles. The minimum Gasteiger partial charge on any atom is -0.492 e. The molecule has 1 amide bonds. The number of hydrogen-bond acceptors (Lipinski definition) is 5. The Balaban J connectivity index is 1.95. The maximum absolute atomic E-state index is 12.5. The molecule has 7 heteroatoms. The first-order valence-corrected chi connectivity index (χ1v) is 9.34. The summed E-state index contributed by atoms with van der Waals surface area (Å²) in [6.07, 6.45) is 0. The van der Waals surface area contributed by atoms with Gasteiger partial charge < -0.3 is 24.7 Å². The minimum atomic E-state index is -0.419. The van der Waals surface area contributed by atoms with Crippen molar-refractivity contribution in [1.82, 2.24) is 15.2 Å². The van der Waals surface area contributed by atoms with Gasteiger partial charge in [-0.15, -0.1) is 0 Å². The van der Waals surface area contributed by atoms with Crippen LogP contribution in [0, 0.1) is 13.8 Å². The number of aromatic amines is 1. The van der Waals surface area contributed by atoms with Crippen LogP contribution in [0.2, 0.25) is 0 Å². The molecule has 1 heterocycles. The van der Waals surface area contributed by atoms with Gasteiger partial charge in [0.15, 0.2) is 0 Å². The van der Waals surface area contributed by atoms with Crippen LogP contribution in [0.1, 0.15) is 44.6 Å². The number of rotatable bonds is 9. The van der Waals surface area contributed by atoms with Crippen LogP contribution in [-0.4, -0.2) is 55.6 Å². The molecule has 0 radical (unpaired) electrons. The monoisotopic (exact) mass is 387 g/mol. The van der Waals surface area contributed by atoms with E-state index in [4.69, 9.17) is 9.47 Å². The largest absolute Gasteiger partial charge is 0.492 e. The van der Waals surface area contributed by atoms with E-state index in [0.717, 1.165) is 17.9 Å². The average molecular weight is 387 g/mol. The summed E-state index contributed by atoms with van der Waals surface area (Å²) in [5.41, 5.74) is 2.98. The lowest BCUT2D eigenvalue weighted by Gasteiger charge is -2.11. The third kappa shape index (κ3) is 5.60. The molecule has 0 spiro atoms. The number of nitrogens with one attached hydrogen (secondary N) is 2. The molecule has 0 aliphatic heterocycles. The van der Waals surface area contributed by atoms with Crippen molar-refractivity contribution in [3.8, 4) is 5.75 Å². The molecule has 0 atom stereocenters. The van der Waals surface area contributed by atoms with E-state index in [9.17, 15) is 9.59 Å².